The number of amides is 1. The molecule has 0 spiro atoms. The first-order chi connectivity index (χ1) is 8.59. The van der Waals surface area contributed by atoms with Crippen LogP contribution < -0.4 is 11.1 Å². The molecule has 1 aliphatic rings. The van der Waals surface area contributed by atoms with Gasteiger partial charge in [-0.3, -0.25) is 4.79 Å². The highest BCUT2D eigenvalue weighted by atomic mass is 16.2. The lowest BCUT2D eigenvalue weighted by Gasteiger charge is -2.26. The van der Waals surface area contributed by atoms with Crippen LogP contribution in [0.1, 0.15) is 23.6 Å². The Kier molecular flexibility index (Phi) is 3.99. The Morgan fingerprint density at radius 1 is 1.44 bits per heavy atom. The number of nitrogens with two attached hydrogens (primary N) is 1. The van der Waals surface area contributed by atoms with Gasteiger partial charge in [0.15, 0.2) is 0 Å². The number of carbonyl (C=O) groups excluding carboxylic acids is 1. The molecule has 1 heterocycles. The van der Waals surface area contributed by atoms with E-state index in [2.05, 4.69) is 5.32 Å². The SMILES string of the molecule is Cc1ccc(C(N)C(=O)N(C)C2CCNC2)cc1. The van der Waals surface area contributed by atoms with Crippen LogP contribution in [-0.4, -0.2) is 37.0 Å². The van der Waals surface area contributed by atoms with Crippen LogP contribution in [0, 0.1) is 6.92 Å². The molecule has 18 heavy (non-hydrogen) atoms. The summed E-state index contributed by atoms with van der Waals surface area (Å²) in [6.07, 6.45) is 1.00. The predicted octanol–water partition coefficient (Wildman–Crippen LogP) is 0.815. The van der Waals surface area contributed by atoms with Crippen molar-refractivity contribution in [3.05, 3.63) is 35.4 Å². The first kappa shape index (κ1) is 13.1. The van der Waals surface area contributed by atoms with Crippen LogP contribution in [0.4, 0.5) is 0 Å². The van der Waals surface area contributed by atoms with Gasteiger partial charge in [-0.25, -0.2) is 0 Å². The number of nitrogens with one attached hydrogen (secondary N) is 1. The van der Waals surface area contributed by atoms with Crippen LogP contribution in [0.2, 0.25) is 0 Å². The van der Waals surface area contributed by atoms with Crippen molar-refractivity contribution >= 4 is 5.91 Å². The summed E-state index contributed by atoms with van der Waals surface area (Å²) in [5, 5.41) is 3.26. The summed E-state index contributed by atoms with van der Waals surface area (Å²) in [6, 6.07) is 7.54. The highest BCUT2D eigenvalue weighted by Gasteiger charge is 2.27. The van der Waals surface area contributed by atoms with E-state index in [0.717, 1.165) is 25.1 Å². The van der Waals surface area contributed by atoms with E-state index in [9.17, 15) is 4.79 Å². The van der Waals surface area contributed by atoms with Gasteiger partial charge < -0.3 is 16.0 Å². The van der Waals surface area contributed by atoms with E-state index in [4.69, 9.17) is 5.73 Å². The largest absolute Gasteiger partial charge is 0.340 e. The number of likely N-dealkylation sites (N-methyl/N-ethyl adjacent to an activating group) is 1. The van der Waals surface area contributed by atoms with E-state index in [1.807, 2.05) is 38.2 Å². The van der Waals surface area contributed by atoms with Gasteiger partial charge in [0, 0.05) is 19.6 Å². The standard InChI is InChI=1S/C14H21N3O/c1-10-3-5-11(6-4-10)13(15)14(18)17(2)12-7-8-16-9-12/h3-6,12-13,16H,7-9,15H2,1-2H3. The molecule has 4 heteroatoms. The molecule has 0 saturated carbocycles. The van der Waals surface area contributed by atoms with Crippen molar-refractivity contribution in [2.75, 3.05) is 20.1 Å². The topological polar surface area (TPSA) is 58.4 Å². The van der Waals surface area contributed by atoms with Crippen LogP contribution in [-0.2, 0) is 4.79 Å². The zero-order valence-electron chi connectivity index (χ0n) is 11.0. The minimum Gasteiger partial charge on any atom is -0.340 e. The third kappa shape index (κ3) is 2.71. The lowest BCUT2D eigenvalue weighted by molar-refractivity contribution is -0.133. The molecular formula is C14H21N3O. The highest BCUT2D eigenvalue weighted by Crippen LogP contribution is 2.16. The van der Waals surface area contributed by atoms with Crippen molar-refractivity contribution in [1.82, 2.24) is 10.2 Å². The van der Waals surface area contributed by atoms with Crippen LogP contribution in [0.15, 0.2) is 24.3 Å². The van der Waals surface area contributed by atoms with Crippen LogP contribution in [0.3, 0.4) is 0 Å². The number of aryl methyl sites for hydroxylation is 1. The number of carbonyl (C=O) groups is 1. The molecule has 0 aliphatic carbocycles. The summed E-state index contributed by atoms with van der Waals surface area (Å²) < 4.78 is 0. The van der Waals surface area contributed by atoms with Crippen molar-refractivity contribution in [3.63, 3.8) is 0 Å². The number of nitrogens with zero attached hydrogens (tertiary/aromatic N) is 1. The van der Waals surface area contributed by atoms with Crippen LogP contribution in [0.5, 0.6) is 0 Å². The predicted molar refractivity (Wildman–Crippen MR) is 72.2 cm³/mol. The van der Waals surface area contributed by atoms with Crippen molar-refractivity contribution in [3.8, 4) is 0 Å². The molecule has 0 bridgehead atoms. The average molecular weight is 247 g/mol. The van der Waals surface area contributed by atoms with Gasteiger partial charge in [-0.1, -0.05) is 29.8 Å². The molecular weight excluding hydrogens is 226 g/mol. The van der Waals surface area contributed by atoms with Gasteiger partial charge in [0.25, 0.3) is 0 Å². The molecule has 1 aromatic carbocycles. The molecule has 98 valence electrons. The van der Waals surface area contributed by atoms with Gasteiger partial charge >= 0.3 is 0 Å². The molecule has 2 atom stereocenters. The summed E-state index contributed by atoms with van der Waals surface area (Å²) in [6.45, 7) is 3.86. The Labute approximate surface area is 108 Å². The Hall–Kier alpha value is -1.39. The monoisotopic (exact) mass is 247 g/mol. The van der Waals surface area contributed by atoms with Gasteiger partial charge in [0.1, 0.15) is 6.04 Å². The molecule has 0 aromatic heterocycles. The van der Waals surface area contributed by atoms with E-state index in [-0.39, 0.29) is 11.9 Å². The highest BCUT2D eigenvalue weighted by molar-refractivity contribution is 5.83. The van der Waals surface area contributed by atoms with E-state index in [1.165, 1.54) is 5.56 Å². The Morgan fingerprint density at radius 3 is 2.67 bits per heavy atom. The molecule has 2 rings (SSSR count). The zero-order valence-corrected chi connectivity index (χ0v) is 11.0. The summed E-state index contributed by atoms with van der Waals surface area (Å²) in [7, 11) is 1.84. The second-order valence-electron chi connectivity index (χ2n) is 4.98. The summed E-state index contributed by atoms with van der Waals surface area (Å²) in [5.41, 5.74) is 8.10. The minimum atomic E-state index is -0.559. The van der Waals surface area contributed by atoms with Crippen molar-refractivity contribution in [1.29, 1.82) is 0 Å². The van der Waals surface area contributed by atoms with Gasteiger partial charge in [-0.15, -0.1) is 0 Å². The summed E-state index contributed by atoms with van der Waals surface area (Å²) in [4.78, 5) is 14.1. The van der Waals surface area contributed by atoms with Gasteiger partial charge in [0.2, 0.25) is 5.91 Å². The third-order valence-corrected chi connectivity index (χ3v) is 3.63. The molecule has 3 N–H and O–H groups in total. The second kappa shape index (κ2) is 5.50. The smallest absolute Gasteiger partial charge is 0.244 e. The fourth-order valence-electron chi connectivity index (χ4n) is 2.29. The first-order valence-corrected chi connectivity index (χ1v) is 6.39. The number of rotatable bonds is 3. The van der Waals surface area contributed by atoms with Crippen LogP contribution in [0.25, 0.3) is 0 Å². The average Bonchev–Trinajstić information content (AvgIpc) is 2.91. The molecule has 0 radical (unpaired) electrons. The maximum Gasteiger partial charge on any atom is 0.244 e. The quantitative estimate of drug-likeness (QED) is 0.831. The fourth-order valence-corrected chi connectivity index (χ4v) is 2.29. The molecule has 1 aliphatic heterocycles. The molecule has 1 amide bonds. The van der Waals surface area contributed by atoms with Crippen molar-refractivity contribution in [2.24, 2.45) is 5.73 Å². The third-order valence-electron chi connectivity index (χ3n) is 3.63. The number of benzene rings is 1. The second-order valence-corrected chi connectivity index (χ2v) is 4.98. The first-order valence-electron chi connectivity index (χ1n) is 6.39. The molecule has 1 saturated heterocycles. The van der Waals surface area contributed by atoms with Crippen molar-refractivity contribution in [2.45, 2.75) is 25.4 Å². The van der Waals surface area contributed by atoms with Gasteiger partial charge in [0.05, 0.1) is 0 Å². The summed E-state index contributed by atoms with van der Waals surface area (Å²) in [5.74, 6) is -0.00690. The Bertz CT molecular complexity index is 410. The van der Waals surface area contributed by atoms with E-state index < -0.39 is 6.04 Å². The van der Waals surface area contributed by atoms with Crippen molar-refractivity contribution < 1.29 is 4.79 Å². The minimum absolute atomic E-state index is 0.00690. The zero-order chi connectivity index (χ0) is 13.1. The Morgan fingerprint density at radius 2 is 2.11 bits per heavy atom. The maximum atomic E-state index is 12.3. The number of hydrogen-bond acceptors (Lipinski definition) is 3. The van der Waals surface area contributed by atoms with E-state index in [1.54, 1.807) is 4.90 Å². The van der Waals surface area contributed by atoms with Crippen LogP contribution >= 0.6 is 0 Å². The maximum absolute atomic E-state index is 12.3. The lowest BCUT2D eigenvalue weighted by Crippen LogP contribution is -2.43. The molecule has 4 nitrogen and oxygen atoms in total. The van der Waals surface area contributed by atoms with Gasteiger partial charge in [-0.05, 0) is 25.5 Å². The lowest BCUT2D eigenvalue weighted by atomic mass is 10.0. The summed E-state index contributed by atoms with van der Waals surface area (Å²) >= 11 is 0. The number of hydrogen-bond donors (Lipinski definition) is 2. The van der Waals surface area contributed by atoms with E-state index >= 15 is 0 Å². The normalized spacial score (nSPS) is 20.7. The Balaban J connectivity index is 2.05. The fraction of sp³-hybridized carbons (Fsp3) is 0.500. The molecule has 2 unspecified atom stereocenters. The van der Waals surface area contributed by atoms with E-state index in [0.29, 0.717) is 0 Å². The molecule has 1 aromatic rings. The molecule has 1 fully saturated rings. The van der Waals surface area contributed by atoms with Gasteiger partial charge in [-0.2, -0.15) is 0 Å².